The van der Waals surface area contributed by atoms with E-state index in [1.165, 1.54) is 0 Å². The van der Waals surface area contributed by atoms with Crippen LogP contribution in [0.4, 0.5) is 0 Å². The van der Waals surface area contributed by atoms with E-state index in [1.54, 1.807) is 16.9 Å². The Hall–Kier alpha value is -4.72. The highest BCUT2D eigenvalue weighted by molar-refractivity contribution is 6.00. The highest BCUT2D eigenvalue weighted by Crippen LogP contribution is 2.23. The van der Waals surface area contributed by atoms with E-state index in [1.807, 2.05) is 78.9 Å². The minimum absolute atomic E-state index is 0.0356. The van der Waals surface area contributed by atoms with Gasteiger partial charge in [0.25, 0.3) is 5.91 Å². The van der Waals surface area contributed by atoms with Crippen molar-refractivity contribution in [3.05, 3.63) is 102 Å². The van der Waals surface area contributed by atoms with Crippen LogP contribution in [0.3, 0.4) is 0 Å². The van der Waals surface area contributed by atoms with E-state index < -0.39 is 11.8 Å². The van der Waals surface area contributed by atoms with Gasteiger partial charge in [-0.1, -0.05) is 65.8 Å². The standard InChI is InChI=1S/C25H19N5O3/c31-23(15-21-19-13-7-8-14-22(19)33-29-21)26-27-25(32)20-16-30(18-11-5-2-6-12-18)28-24(20)17-9-3-1-4-10-17/h1-14,16H,15H2,(H,26,31)(H,27,32). The average molecular weight is 437 g/mol. The van der Waals surface area contributed by atoms with Gasteiger partial charge in [-0.15, -0.1) is 0 Å². The summed E-state index contributed by atoms with van der Waals surface area (Å²) in [5, 5.41) is 9.32. The van der Waals surface area contributed by atoms with Gasteiger partial charge in [-0.25, -0.2) is 4.68 Å². The third kappa shape index (κ3) is 4.22. The molecule has 0 aliphatic heterocycles. The molecule has 2 heterocycles. The summed E-state index contributed by atoms with van der Waals surface area (Å²) in [6, 6.07) is 26.2. The molecule has 0 saturated carbocycles. The van der Waals surface area contributed by atoms with E-state index in [0.29, 0.717) is 22.5 Å². The number of amides is 2. The molecular formula is C25H19N5O3. The maximum absolute atomic E-state index is 13.0. The largest absolute Gasteiger partial charge is 0.356 e. The number of hydrogen-bond acceptors (Lipinski definition) is 5. The van der Waals surface area contributed by atoms with Crippen molar-refractivity contribution >= 4 is 22.8 Å². The Morgan fingerprint density at radius 2 is 1.55 bits per heavy atom. The van der Waals surface area contributed by atoms with E-state index in [-0.39, 0.29) is 6.42 Å². The normalized spacial score (nSPS) is 10.8. The van der Waals surface area contributed by atoms with Gasteiger partial charge >= 0.3 is 0 Å². The lowest BCUT2D eigenvalue weighted by Gasteiger charge is -2.07. The maximum Gasteiger partial charge on any atom is 0.273 e. The summed E-state index contributed by atoms with van der Waals surface area (Å²) in [7, 11) is 0. The molecule has 162 valence electrons. The summed E-state index contributed by atoms with van der Waals surface area (Å²) >= 11 is 0. The summed E-state index contributed by atoms with van der Waals surface area (Å²) in [5.41, 5.74) is 8.48. The van der Waals surface area contributed by atoms with Gasteiger partial charge in [-0.05, 0) is 24.3 Å². The highest BCUT2D eigenvalue weighted by atomic mass is 16.5. The molecule has 0 aliphatic rings. The molecule has 0 radical (unpaired) electrons. The Balaban J connectivity index is 1.35. The Bertz CT molecular complexity index is 1420. The Labute approximate surface area is 188 Å². The first-order valence-electron chi connectivity index (χ1n) is 10.3. The van der Waals surface area contributed by atoms with Gasteiger partial charge in [0.05, 0.1) is 17.7 Å². The van der Waals surface area contributed by atoms with Gasteiger partial charge in [-0.3, -0.25) is 20.4 Å². The number of hydrazine groups is 1. The molecular weight excluding hydrogens is 418 g/mol. The van der Waals surface area contributed by atoms with Crippen LogP contribution in [0.25, 0.3) is 27.9 Å². The van der Waals surface area contributed by atoms with E-state index >= 15 is 0 Å². The minimum atomic E-state index is -0.477. The fourth-order valence-electron chi connectivity index (χ4n) is 3.52. The molecule has 5 aromatic rings. The van der Waals surface area contributed by atoms with Crippen molar-refractivity contribution in [1.29, 1.82) is 0 Å². The molecule has 0 unspecified atom stereocenters. The van der Waals surface area contributed by atoms with Gasteiger partial charge in [0.2, 0.25) is 5.91 Å². The zero-order valence-electron chi connectivity index (χ0n) is 17.4. The number of hydrogen-bond donors (Lipinski definition) is 2. The van der Waals surface area contributed by atoms with Crippen LogP contribution in [-0.2, 0) is 11.2 Å². The summed E-state index contributed by atoms with van der Waals surface area (Å²) < 4.78 is 6.87. The number of rotatable bonds is 5. The molecule has 0 fully saturated rings. The summed E-state index contributed by atoms with van der Waals surface area (Å²) in [5.74, 6) is -0.895. The number of carbonyl (C=O) groups excluding carboxylic acids is 2. The second kappa shape index (κ2) is 8.80. The summed E-state index contributed by atoms with van der Waals surface area (Å²) in [4.78, 5) is 25.4. The molecule has 2 amide bonds. The van der Waals surface area contributed by atoms with Gasteiger partial charge in [0.1, 0.15) is 11.4 Å². The Morgan fingerprint density at radius 1 is 0.848 bits per heavy atom. The predicted molar refractivity (Wildman–Crippen MR) is 122 cm³/mol. The Morgan fingerprint density at radius 3 is 2.33 bits per heavy atom. The van der Waals surface area contributed by atoms with E-state index in [9.17, 15) is 9.59 Å². The summed E-state index contributed by atoms with van der Waals surface area (Å²) in [6.45, 7) is 0. The van der Waals surface area contributed by atoms with Crippen molar-refractivity contribution in [3.63, 3.8) is 0 Å². The quantitative estimate of drug-likeness (QED) is 0.409. The molecule has 0 aliphatic carbocycles. The van der Waals surface area contributed by atoms with Crippen LogP contribution in [-0.4, -0.2) is 26.8 Å². The molecule has 3 aromatic carbocycles. The van der Waals surface area contributed by atoms with Crippen LogP contribution in [0.2, 0.25) is 0 Å². The fourth-order valence-corrected chi connectivity index (χ4v) is 3.52. The molecule has 8 heteroatoms. The fraction of sp³-hybridized carbons (Fsp3) is 0.0400. The molecule has 0 saturated heterocycles. The number of nitrogens with zero attached hydrogens (tertiary/aromatic N) is 3. The number of aromatic nitrogens is 3. The molecule has 0 bridgehead atoms. The summed E-state index contributed by atoms with van der Waals surface area (Å²) in [6.07, 6.45) is 1.61. The first-order chi connectivity index (χ1) is 16.2. The van der Waals surface area contributed by atoms with Gasteiger partial charge in [-0.2, -0.15) is 5.10 Å². The van der Waals surface area contributed by atoms with Gasteiger partial charge < -0.3 is 4.52 Å². The van der Waals surface area contributed by atoms with E-state index in [0.717, 1.165) is 16.6 Å². The molecule has 2 N–H and O–H groups in total. The number of fused-ring (bicyclic) bond motifs is 1. The zero-order chi connectivity index (χ0) is 22.6. The molecule has 5 rings (SSSR count). The lowest BCUT2D eigenvalue weighted by molar-refractivity contribution is -0.121. The van der Waals surface area contributed by atoms with Crippen molar-refractivity contribution in [2.75, 3.05) is 0 Å². The average Bonchev–Trinajstić information content (AvgIpc) is 3.49. The van der Waals surface area contributed by atoms with Gasteiger partial charge in [0.15, 0.2) is 5.58 Å². The minimum Gasteiger partial charge on any atom is -0.356 e. The van der Waals surface area contributed by atoms with Crippen molar-refractivity contribution in [1.82, 2.24) is 25.8 Å². The second-order valence-electron chi connectivity index (χ2n) is 7.34. The van der Waals surface area contributed by atoms with Crippen molar-refractivity contribution in [3.8, 4) is 16.9 Å². The zero-order valence-corrected chi connectivity index (χ0v) is 17.4. The van der Waals surface area contributed by atoms with Crippen LogP contribution < -0.4 is 10.9 Å². The first kappa shape index (κ1) is 20.2. The number of para-hydroxylation sites is 2. The van der Waals surface area contributed by atoms with E-state index in [2.05, 4.69) is 21.1 Å². The topological polar surface area (TPSA) is 102 Å². The van der Waals surface area contributed by atoms with E-state index in [4.69, 9.17) is 4.52 Å². The van der Waals surface area contributed by atoms with Crippen LogP contribution in [0.5, 0.6) is 0 Å². The first-order valence-corrected chi connectivity index (χ1v) is 10.3. The predicted octanol–water partition coefficient (Wildman–Crippen LogP) is 3.68. The van der Waals surface area contributed by atoms with Crippen LogP contribution >= 0.6 is 0 Å². The molecule has 2 aromatic heterocycles. The second-order valence-corrected chi connectivity index (χ2v) is 7.34. The smallest absolute Gasteiger partial charge is 0.273 e. The van der Waals surface area contributed by atoms with Crippen LogP contribution in [0.15, 0.2) is 95.6 Å². The number of benzene rings is 3. The third-order valence-electron chi connectivity index (χ3n) is 5.12. The highest BCUT2D eigenvalue weighted by Gasteiger charge is 2.20. The SMILES string of the molecule is O=C(Cc1noc2ccccc12)NNC(=O)c1cn(-c2ccccc2)nc1-c1ccccc1. The molecule has 0 spiro atoms. The van der Waals surface area contributed by atoms with Gasteiger partial charge in [0, 0.05) is 17.1 Å². The van der Waals surface area contributed by atoms with Crippen LogP contribution in [0, 0.1) is 0 Å². The lowest BCUT2D eigenvalue weighted by Crippen LogP contribution is -2.42. The van der Waals surface area contributed by atoms with Crippen LogP contribution in [0.1, 0.15) is 16.1 Å². The molecule has 8 nitrogen and oxygen atoms in total. The Kier molecular flexibility index (Phi) is 5.38. The maximum atomic E-state index is 13.0. The molecule has 0 atom stereocenters. The number of nitrogens with one attached hydrogen (secondary N) is 2. The van der Waals surface area contributed by atoms with Crippen molar-refractivity contribution in [2.24, 2.45) is 0 Å². The third-order valence-corrected chi connectivity index (χ3v) is 5.12. The van der Waals surface area contributed by atoms with Crippen molar-refractivity contribution < 1.29 is 14.1 Å². The monoisotopic (exact) mass is 437 g/mol. The molecule has 33 heavy (non-hydrogen) atoms. The number of carbonyl (C=O) groups is 2. The van der Waals surface area contributed by atoms with Crippen molar-refractivity contribution in [2.45, 2.75) is 6.42 Å². The lowest BCUT2D eigenvalue weighted by atomic mass is 10.1.